The Hall–Kier alpha value is -3.99. The smallest absolute Gasteiger partial charge is 0.306 e. The van der Waals surface area contributed by atoms with Crippen molar-refractivity contribution >= 4 is 46.7 Å². The lowest BCUT2D eigenvalue weighted by Crippen LogP contribution is -2.35. The number of carbonyl (C=O) groups excluding carboxylic acids is 2. The maximum atomic E-state index is 13.7. The molecule has 0 bridgehead atoms. The van der Waals surface area contributed by atoms with Crippen LogP contribution < -0.4 is 0 Å². The average Bonchev–Trinajstić information content (AvgIpc) is 3.77. The van der Waals surface area contributed by atoms with Gasteiger partial charge < -0.3 is 19.5 Å². The van der Waals surface area contributed by atoms with Gasteiger partial charge in [0.05, 0.1) is 17.8 Å². The van der Waals surface area contributed by atoms with E-state index in [1.165, 1.54) is 17.0 Å². The van der Waals surface area contributed by atoms with Crippen molar-refractivity contribution in [3.63, 3.8) is 0 Å². The summed E-state index contributed by atoms with van der Waals surface area (Å²) in [6.07, 6.45) is -1.73. The number of carbonyl (C=O) groups is 3. The summed E-state index contributed by atoms with van der Waals surface area (Å²) in [7, 11) is 0. The van der Waals surface area contributed by atoms with Crippen LogP contribution in [0.1, 0.15) is 65.1 Å². The molecule has 0 radical (unpaired) electrons. The molecule has 2 aliphatic rings. The standard InChI is InChI=1S/C30H26Cl2N2O8/c31-20-10-8-19(9-11-20)28(27(18-6-7-18)41-25(37)15-14-24(35)36)42-30-26-22(2-1-3-23(26)32)29(38)33(30)16-17-4-12-21(13-5-17)34(39)40/h1-5,8-13,18,27-28,30H,6-7,14-16H2,(H,35,36). The number of nitro benzene ring substituents is 1. The van der Waals surface area contributed by atoms with Gasteiger partial charge in [0.15, 0.2) is 6.23 Å². The number of aliphatic carboxylic acids is 1. The summed E-state index contributed by atoms with van der Waals surface area (Å²) >= 11 is 12.8. The van der Waals surface area contributed by atoms with Crippen molar-refractivity contribution < 1.29 is 33.9 Å². The highest BCUT2D eigenvalue weighted by molar-refractivity contribution is 6.32. The molecule has 3 unspecified atom stereocenters. The molecule has 1 amide bonds. The van der Waals surface area contributed by atoms with Gasteiger partial charge in [-0.2, -0.15) is 0 Å². The summed E-state index contributed by atoms with van der Waals surface area (Å²) in [5.41, 5.74) is 2.01. The lowest BCUT2D eigenvalue weighted by Gasteiger charge is -2.34. The first kappa shape index (κ1) is 29.5. The molecule has 1 aliphatic heterocycles. The molecule has 10 nitrogen and oxygen atoms in total. The predicted octanol–water partition coefficient (Wildman–Crippen LogP) is 6.50. The second-order valence-corrected chi connectivity index (χ2v) is 11.0. The van der Waals surface area contributed by atoms with Crippen LogP contribution >= 0.6 is 23.2 Å². The molecule has 0 spiro atoms. The summed E-state index contributed by atoms with van der Waals surface area (Å²) in [5, 5.41) is 21.0. The Balaban J connectivity index is 1.51. The van der Waals surface area contributed by atoms with E-state index in [0.717, 1.165) is 12.8 Å². The minimum Gasteiger partial charge on any atom is -0.481 e. The van der Waals surface area contributed by atoms with E-state index in [0.29, 0.717) is 32.3 Å². The maximum absolute atomic E-state index is 13.7. The maximum Gasteiger partial charge on any atom is 0.306 e. The highest BCUT2D eigenvalue weighted by Gasteiger charge is 2.46. The number of rotatable bonds is 12. The lowest BCUT2D eigenvalue weighted by atomic mass is 10.00. The fourth-order valence-electron chi connectivity index (χ4n) is 4.99. The molecule has 3 atom stereocenters. The predicted molar refractivity (Wildman–Crippen MR) is 152 cm³/mol. The molecule has 3 aromatic carbocycles. The summed E-state index contributed by atoms with van der Waals surface area (Å²) < 4.78 is 12.6. The minimum atomic E-state index is -1.11. The number of fused-ring (bicyclic) bond motifs is 1. The van der Waals surface area contributed by atoms with E-state index in [9.17, 15) is 24.5 Å². The number of nitrogens with zero attached hydrogens (tertiary/aromatic N) is 2. The first-order valence-electron chi connectivity index (χ1n) is 13.3. The van der Waals surface area contributed by atoms with Crippen LogP contribution in [0.3, 0.4) is 0 Å². The molecule has 1 heterocycles. The largest absolute Gasteiger partial charge is 0.481 e. The average molecular weight is 613 g/mol. The number of esters is 1. The van der Waals surface area contributed by atoms with Gasteiger partial charge in [-0.05, 0) is 54.2 Å². The zero-order valence-corrected chi connectivity index (χ0v) is 23.7. The molecule has 1 fully saturated rings. The highest BCUT2D eigenvalue weighted by Crippen LogP contribution is 2.47. The van der Waals surface area contributed by atoms with E-state index in [1.54, 1.807) is 54.6 Å². The Morgan fingerprint density at radius 3 is 2.33 bits per heavy atom. The van der Waals surface area contributed by atoms with Gasteiger partial charge >= 0.3 is 11.9 Å². The molecule has 1 saturated carbocycles. The Kier molecular flexibility index (Phi) is 8.77. The van der Waals surface area contributed by atoms with E-state index in [2.05, 4.69) is 0 Å². The van der Waals surface area contributed by atoms with Crippen molar-refractivity contribution in [2.75, 3.05) is 0 Å². The zero-order chi connectivity index (χ0) is 30.0. The van der Waals surface area contributed by atoms with Crippen molar-refractivity contribution in [2.24, 2.45) is 5.92 Å². The van der Waals surface area contributed by atoms with Gasteiger partial charge in [0.1, 0.15) is 12.2 Å². The van der Waals surface area contributed by atoms with Crippen molar-refractivity contribution in [1.29, 1.82) is 0 Å². The third-order valence-electron chi connectivity index (χ3n) is 7.24. The summed E-state index contributed by atoms with van der Waals surface area (Å²) in [5.74, 6) is -2.16. The number of ether oxygens (including phenoxy) is 2. The Morgan fingerprint density at radius 2 is 1.71 bits per heavy atom. The summed E-state index contributed by atoms with van der Waals surface area (Å²) in [4.78, 5) is 49.5. The molecule has 0 saturated heterocycles. The summed E-state index contributed by atoms with van der Waals surface area (Å²) in [6, 6.07) is 17.7. The van der Waals surface area contributed by atoms with Crippen molar-refractivity contribution in [2.45, 2.75) is 50.7 Å². The third kappa shape index (κ3) is 6.56. The first-order chi connectivity index (χ1) is 20.1. The third-order valence-corrected chi connectivity index (χ3v) is 7.83. The molecule has 5 rings (SSSR count). The van der Waals surface area contributed by atoms with E-state index in [4.69, 9.17) is 37.8 Å². The number of carboxylic acids is 1. The minimum absolute atomic E-state index is 0.0367. The number of hydrogen-bond donors (Lipinski definition) is 1. The van der Waals surface area contributed by atoms with Crippen LogP contribution in [0.4, 0.5) is 5.69 Å². The number of amides is 1. The second kappa shape index (κ2) is 12.5. The number of nitro groups is 1. The number of hydrogen-bond acceptors (Lipinski definition) is 7. The van der Waals surface area contributed by atoms with Crippen LogP contribution in [0.5, 0.6) is 0 Å². The van der Waals surface area contributed by atoms with Crippen LogP contribution in [0.25, 0.3) is 0 Å². The molecular weight excluding hydrogens is 587 g/mol. The van der Waals surface area contributed by atoms with E-state index < -0.39 is 35.3 Å². The number of non-ortho nitro benzene ring substituents is 1. The van der Waals surface area contributed by atoms with Gasteiger partial charge in [-0.15, -0.1) is 0 Å². The Labute approximate surface area is 250 Å². The quantitative estimate of drug-likeness (QED) is 0.139. The van der Waals surface area contributed by atoms with Gasteiger partial charge in [-0.1, -0.05) is 53.5 Å². The number of halogens is 2. The fourth-order valence-corrected chi connectivity index (χ4v) is 5.39. The molecular formula is C30H26Cl2N2O8. The van der Waals surface area contributed by atoms with Crippen LogP contribution in [0.15, 0.2) is 66.7 Å². The van der Waals surface area contributed by atoms with E-state index >= 15 is 0 Å². The van der Waals surface area contributed by atoms with Gasteiger partial charge in [-0.3, -0.25) is 24.5 Å². The fraction of sp³-hybridized carbons (Fsp3) is 0.300. The SMILES string of the molecule is O=C(O)CCC(=O)OC(C1CC1)C(OC1c2c(Cl)cccc2C(=O)N1Cc1ccc([N+](=O)[O-])cc1)c1ccc(Cl)cc1. The molecule has 12 heteroatoms. The van der Waals surface area contributed by atoms with Crippen LogP contribution in [-0.2, 0) is 25.6 Å². The zero-order valence-electron chi connectivity index (χ0n) is 22.2. The van der Waals surface area contributed by atoms with Crippen LogP contribution in [-0.4, -0.2) is 38.9 Å². The first-order valence-corrected chi connectivity index (χ1v) is 14.0. The van der Waals surface area contributed by atoms with Gasteiger partial charge in [0.2, 0.25) is 0 Å². The molecule has 1 aliphatic carbocycles. The van der Waals surface area contributed by atoms with Crippen LogP contribution in [0, 0.1) is 16.0 Å². The van der Waals surface area contributed by atoms with Gasteiger partial charge in [0.25, 0.3) is 11.6 Å². The number of benzene rings is 3. The monoisotopic (exact) mass is 612 g/mol. The summed E-state index contributed by atoms with van der Waals surface area (Å²) in [6.45, 7) is 0.0618. The Morgan fingerprint density at radius 1 is 1.02 bits per heavy atom. The normalized spacial score (nSPS) is 17.4. The Bertz CT molecular complexity index is 1510. The molecule has 1 N–H and O–H groups in total. The van der Waals surface area contributed by atoms with Gasteiger partial charge in [0, 0.05) is 39.8 Å². The lowest BCUT2D eigenvalue weighted by molar-refractivity contribution is -0.384. The van der Waals surface area contributed by atoms with Gasteiger partial charge in [-0.25, -0.2) is 0 Å². The van der Waals surface area contributed by atoms with Crippen LogP contribution in [0.2, 0.25) is 10.0 Å². The topological polar surface area (TPSA) is 136 Å². The van der Waals surface area contributed by atoms with E-state index in [-0.39, 0.29) is 36.9 Å². The molecule has 42 heavy (non-hydrogen) atoms. The highest BCUT2D eigenvalue weighted by atomic mass is 35.5. The molecule has 0 aromatic heterocycles. The van der Waals surface area contributed by atoms with Crippen molar-refractivity contribution in [3.05, 3.63) is 109 Å². The molecule has 218 valence electrons. The van der Waals surface area contributed by atoms with Crippen molar-refractivity contribution in [3.8, 4) is 0 Å². The van der Waals surface area contributed by atoms with E-state index in [1.807, 2.05) is 0 Å². The van der Waals surface area contributed by atoms with Crippen molar-refractivity contribution in [1.82, 2.24) is 4.90 Å². The number of carboxylic acid groups (broad SMARTS) is 1. The molecule has 3 aromatic rings. The second-order valence-electron chi connectivity index (χ2n) is 10.2.